The number of nitrogens with one attached hydrogen (secondary N) is 4. The third-order valence-corrected chi connectivity index (χ3v) is 5.48. The Morgan fingerprint density at radius 1 is 1.00 bits per heavy atom. The molecule has 4 atom stereocenters. The first-order chi connectivity index (χ1) is 16.5. The summed E-state index contributed by atoms with van der Waals surface area (Å²) in [4.78, 5) is 57.0. The molecule has 1 rings (SSSR count). The van der Waals surface area contributed by atoms with Crippen molar-refractivity contribution in [3.8, 4) is 0 Å². The number of nitrogens with zero attached hydrogens (tertiary/aromatic N) is 1. The van der Waals surface area contributed by atoms with Gasteiger partial charge in [0.25, 0.3) is 0 Å². The molecule has 0 aromatic carbocycles. The van der Waals surface area contributed by atoms with Crippen molar-refractivity contribution in [2.45, 2.75) is 84.0 Å². The molecule has 0 fully saturated rings. The number of rotatable bonds is 16. The summed E-state index contributed by atoms with van der Waals surface area (Å²) < 4.78 is 0. The van der Waals surface area contributed by atoms with E-state index >= 15 is 0 Å². The number of carbonyl (C=O) groups excluding carboxylic acids is 3. The van der Waals surface area contributed by atoms with Crippen LogP contribution in [0.4, 0.5) is 0 Å². The average molecular weight is 496 g/mol. The number of aromatic amines is 1. The van der Waals surface area contributed by atoms with Gasteiger partial charge in [-0.2, -0.15) is 0 Å². The molecule has 3 amide bonds. The second-order valence-corrected chi connectivity index (χ2v) is 9.49. The minimum absolute atomic E-state index is 0.00530. The van der Waals surface area contributed by atoms with Gasteiger partial charge in [-0.3, -0.25) is 14.4 Å². The lowest BCUT2D eigenvalue weighted by molar-refractivity contribution is -0.142. The van der Waals surface area contributed by atoms with Crippen LogP contribution in [-0.4, -0.2) is 69.5 Å². The summed E-state index contributed by atoms with van der Waals surface area (Å²) in [6, 6.07) is -3.89. The number of unbranched alkanes of at least 4 members (excludes halogenated alkanes) is 1. The lowest BCUT2D eigenvalue weighted by Gasteiger charge is -2.27. The molecule has 0 radical (unpaired) electrons. The zero-order chi connectivity index (χ0) is 26.5. The van der Waals surface area contributed by atoms with Gasteiger partial charge in [0.2, 0.25) is 17.7 Å². The lowest BCUT2D eigenvalue weighted by atomic mass is 10.00. The molecule has 0 spiro atoms. The highest BCUT2D eigenvalue weighted by atomic mass is 16.4. The van der Waals surface area contributed by atoms with Crippen molar-refractivity contribution in [3.05, 3.63) is 18.2 Å². The van der Waals surface area contributed by atoms with Gasteiger partial charge in [-0.25, -0.2) is 9.78 Å². The molecule has 12 heteroatoms. The van der Waals surface area contributed by atoms with Crippen LogP contribution in [0.3, 0.4) is 0 Å². The quantitative estimate of drug-likeness (QED) is 0.150. The second kappa shape index (κ2) is 15.1. The van der Waals surface area contributed by atoms with E-state index in [1.165, 1.54) is 12.5 Å². The first-order valence-corrected chi connectivity index (χ1v) is 12.0. The molecule has 1 aromatic rings. The van der Waals surface area contributed by atoms with Crippen LogP contribution in [0.1, 0.15) is 59.1 Å². The van der Waals surface area contributed by atoms with Crippen LogP contribution in [0, 0.1) is 11.8 Å². The molecule has 1 aromatic heterocycles. The van der Waals surface area contributed by atoms with Gasteiger partial charge in [-0.1, -0.05) is 27.7 Å². The van der Waals surface area contributed by atoms with E-state index in [1.54, 1.807) is 13.8 Å². The minimum Gasteiger partial charge on any atom is -0.480 e. The summed E-state index contributed by atoms with van der Waals surface area (Å²) in [5, 5.41) is 17.4. The standard InChI is InChI=1S/C23H41N7O5/c1-13(2)9-16(25)20(31)28-17(7-5-6-8-24)21(32)30-19(14(3)4)22(33)29-18(23(34)35)10-15-11-26-12-27-15/h11-14,16-19H,5-10,24-25H2,1-4H3,(H,26,27)(H,28,31)(H,29,33)(H,30,32)(H,34,35). The Bertz CT molecular complexity index is 813. The monoisotopic (exact) mass is 495 g/mol. The number of H-pyrrole nitrogens is 1. The number of aromatic nitrogens is 2. The molecule has 0 saturated carbocycles. The van der Waals surface area contributed by atoms with E-state index in [0.29, 0.717) is 37.9 Å². The van der Waals surface area contributed by atoms with Crippen LogP contribution in [0.25, 0.3) is 0 Å². The molecule has 0 aliphatic rings. The zero-order valence-corrected chi connectivity index (χ0v) is 21.0. The Hall–Kier alpha value is -2.99. The van der Waals surface area contributed by atoms with Crippen molar-refractivity contribution in [3.63, 3.8) is 0 Å². The van der Waals surface area contributed by atoms with Gasteiger partial charge >= 0.3 is 5.97 Å². The number of imidazole rings is 1. The van der Waals surface area contributed by atoms with Crippen molar-refractivity contribution in [1.29, 1.82) is 0 Å². The van der Waals surface area contributed by atoms with Crippen molar-refractivity contribution in [2.24, 2.45) is 23.3 Å². The van der Waals surface area contributed by atoms with Gasteiger partial charge in [-0.05, 0) is 44.1 Å². The van der Waals surface area contributed by atoms with E-state index in [4.69, 9.17) is 11.5 Å². The first kappa shape index (κ1) is 30.0. The summed E-state index contributed by atoms with van der Waals surface area (Å²) in [7, 11) is 0. The second-order valence-electron chi connectivity index (χ2n) is 9.49. The SMILES string of the molecule is CC(C)CC(N)C(=O)NC(CCCCN)C(=O)NC(C(=O)NC(Cc1cnc[nH]1)C(=O)O)C(C)C. The van der Waals surface area contributed by atoms with E-state index in [2.05, 4.69) is 25.9 Å². The highest BCUT2D eigenvalue weighted by Crippen LogP contribution is 2.09. The smallest absolute Gasteiger partial charge is 0.326 e. The molecule has 12 nitrogen and oxygen atoms in total. The molecule has 0 aliphatic heterocycles. The summed E-state index contributed by atoms with van der Waals surface area (Å²) in [5.74, 6) is -2.97. The van der Waals surface area contributed by atoms with E-state index in [1.807, 2.05) is 13.8 Å². The molecule has 0 bridgehead atoms. The maximum Gasteiger partial charge on any atom is 0.326 e. The predicted molar refractivity (Wildman–Crippen MR) is 131 cm³/mol. The number of hydrogen-bond donors (Lipinski definition) is 7. The van der Waals surface area contributed by atoms with E-state index in [9.17, 15) is 24.3 Å². The number of carboxylic acids is 1. The first-order valence-electron chi connectivity index (χ1n) is 12.0. The maximum atomic E-state index is 13.1. The van der Waals surface area contributed by atoms with E-state index in [-0.39, 0.29) is 18.3 Å². The fourth-order valence-electron chi connectivity index (χ4n) is 3.52. The van der Waals surface area contributed by atoms with E-state index in [0.717, 1.165) is 0 Å². The fourth-order valence-corrected chi connectivity index (χ4v) is 3.52. The summed E-state index contributed by atoms with van der Waals surface area (Å²) in [6.07, 6.45) is 4.95. The normalized spacial score (nSPS) is 14.7. The Labute approximate surface area is 206 Å². The minimum atomic E-state index is -1.21. The largest absolute Gasteiger partial charge is 0.480 e. The number of hydrogen-bond acceptors (Lipinski definition) is 7. The Kier molecular flexibility index (Phi) is 13.0. The van der Waals surface area contributed by atoms with Crippen molar-refractivity contribution >= 4 is 23.7 Å². The van der Waals surface area contributed by atoms with Crippen molar-refractivity contribution in [2.75, 3.05) is 6.54 Å². The number of nitrogens with two attached hydrogens (primary N) is 2. The number of aliphatic carboxylic acids is 1. The van der Waals surface area contributed by atoms with Gasteiger partial charge in [0.15, 0.2) is 0 Å². The Morgan fingerprint density at radius 2 is 1.66 bits per heavy atom. The third kappa shape index (κ3) is 10.9. The highest BCUT2D eigenvalue weighted by molar-refractivity contribution is 5.94. The molecule has 0 aliphatic carbocycles. The topological polar surface area (TPSA) is 205 Å². The van der Waals surface area contributed by atoms with Crippen LogP contribution < -0.4 is 27.4 Å². The van der Waals surface area contributed by atoms with Crippen LogP contribution in [-0.2, 0) is 25.6 Å². The lowest BCUT2D eigenvalue weighted by Crippen LogP contribution is -2.58. The van der Waals surface area contributed by atoms with Crippen LogP contribution in [0.15, 0.2) is 12.5 Å². The van der Waals surface area contributed by atoms with Gasteiger partial charge in [0, 0.05) is 18.3 Å². The molecule has 9 N–H and O–H groups in total. The zero-order valence-electron chi connectivity index (χ0n) is 21.0. The average Bonchev–Trinajstić information content (AvgIpc) is 3.28. The van der Waals surface area contributed by atoms with Crippen LogP contribution in [0.2, 0.25) is 0 Å². The summed E-state index contributed by atoms with van der Waals surface area (Å²) in [5.41, 5.74) is 12.1. The third-order valence-electron chi connectivity index (χ3n) is 5.48. The molecule has 0 saturated heterocycles. The molecule has 198 valence electrons. The van der Waals surface area contributed by atoms with Crippen LogP contribution in [0.5, 0.6) is 0 Å². The van der Waals surface area contributed by atoms with Crippen LogP contribution >= 0.6 is 0 Å². The molecule has 4 unspecified atom stereocenters. The van der Waals surface area contributed by atoms with Crippen molar-refractivity contribution < 1.29 is 24.3 Å². The Balaban J connectivity index is 2.92. The number of carboxylic acid groups (broad SMARTS) is 1. The number of carbonyl (C=O) groups is 4. The van der Waals surface area contributed by atoms with Gasteiger partial charge in [-0.15, -0.1) is 0 Å². The van der Waals surface area contributed by atoms with Gasteiger partial charge in [0.1, 0.15) is 18.1 Å². The Morgan fingerprint density at radius 3 is 2.17 bits per heavy atom. The molecule has 35 heavy (non-hydrogen) atoms. The molecule has 1 heterocycles. The summed E-state index contributed by atoms with van der Waals surface area (Å²) >= 11 is 0. The number of amides is 3. The molecular formula is C23H41N7O5. The molecular weight excluding hydrogens is 454 g/mol. The highest BCUT2D eigenvalue weighted by Gasteiger charge is 2.32. The van der Waals surface area contributed by atoms with Gasteiger partial charge < -0.3 is 37.5 Å². The predicted octanol–water partition coefficient (Wildman–Crippen LogP) is -0.350. The summed E-state index contributed by atoms with van der Waals surface area (Å²) in [6.45, 7) is 7.80. The van der Waals surface area contributed by atoms with E-state index < -0.39 is 47.9 Å². The van der Waals surface area contributed by atoms with Crippen molar-refractivity contribution in [1.82, 2.24) is 25.9 Å². The maximum absolute atomic E-state index is 13.1. The van der Waals surface area contributed by atoms with Gasteiger partial charge in [0.05, 0.1) is 12.4 Å². The fraction of sp³-hybridized carbons (Fsp3) is 0.696.